The summed E-state index contributed by atoms with van der Waals surface area (Å²) in [5.41, 5.74) is 0.665. The second-order valence-electron chi connectivity index (χ2n) is 11.1. The molecule has 1 aliphatic heterocycles. The number of epoxide rings is 1. The van der Waals surface area contributed by atoms with Crippen LogP contribution in [0.15, 0.2) is 0 Å². The van der Waals surface area contributed by atoms with Gasteiger partial charge in [-0.2, -0.15) is 0 Å². The fraction of sp³-hybridized carbons (Fsp3) is 1.00. The van der Waals surface area contributed by atoms with E-state index in [0.29, 0.717) is 11.0 Å². The van der Waals surface area contributed by atoms with Crippen molar-refractivity contribution >= 4 is 0 Å². The average Bonchev–Trinajstić information content (AvgIpc) is 3.28. The van der Waals surface area contributed by atoms with Crippen LogP contribution in [0.25, 0.3) is 0 Å². The lowest BCUT2D eigenvalue weighted by Gasteiger charge is -2.61. The zero-order valence-electron chi connectivity index (χ0n) is 16.7. The first kappa shape index (κ1) is 17.0. The molecular formula is C23H38O2. The van der Waals surface area contributed by atoms with Crippen molar-refractivity contribution in [2.75, 3.05) is 6.61 Å². The van der Waals surface area contributed by atoms with Gasteiger partial charge in [-0.1, -0.05) is 27.2 Å². The molecule has 4 aliphatic carbocycles. The summed E-state index contributed by atoms with van der Waals surface area (Å²) in [4.78, 5) is 0. The highest BCUT2D eigenvalue weighted by Gasteiger charge is 2.65. The minimum atomic E-state index is -0.381. The largest absolute Gasteiger partial charge is 0.389 e. The van der Waals surface area contributed by atoms with Crippen molar-refractivity contribution in [1.82, 2.24) is 0 Å². The zero-order chi connectivity index (χ0) is 17.5. The Bertz CT molecular complexity index is 554. The van der Waals surface area contributed by atoms with Crippen molar-refractivity contribution in [3.63, 3.8) is 0 Å². The first-order valence-corrected chi connectivity index (χ1v) is 11.2. The van der Waals surface area contributed by atoms with Crippen LogP contribution in [-0.2, 0) is 4.74 Å². The molecule has 5 aliphatic rings. The SMILES string of the molecule is CCC[C@]1(O)CC[C@@H]2[C@@H]3CC[C@H]4C[C@@]5(CC[C@]4(C)[C@H]3CC[C@@]21C)CO5. The van der Waals surface area contributed by atoms with E-state index in [9.17, 15) is 5.11 Å². The third-order valence-electron chi connectivity index (χ3n) is 10.3. The van der Waals surface area contributed by atoms with Crippen molar-refractivity contribution in [3.8, 4) is 0 Å². The summed E-state index contributed by atoms with van der Waals surface area (Å²) in [6.07, 6.45) is 14.0. The summed E-state index contributed by atoms with van der Waals surface area (Å²) >= 11 is 0. The standard InChI is InChI=1S/C23H38O2/c1-4-9-23(24)11-8-19-17-6-5-16-14-22(15-25-22)13-12-20(16,2)18(17)7-10-21(19,23)3/h16-19,24H,4-15H2,1-3H3/t16-,17+,18-,19+,20-,21-,22-,23-/m0/s1. The van der Waals surface area contributed by atoms with Crippen LogP contribution in [0.4, 0.5) is 0 Å². The molecule has 2 nitrogen and oxygen atoms in total. The Morgan fingerprint density at radius 2 is 1.72 bits per heavy atom. The van der Waals surface area contributed by atoms with Gasteiger partial charge in [0.05, 0.1) is 17.8 Å². The van der Waals surface area contributed by atoms with Crippen LogP contribution in [-0.4, -0.2) is 22.9 Å². The lowest BCUT2D eigenvalue weighted by molar-refractivity contribution is -0.157. The van der Waals surface area contributed by atoms with Crippen LogP contribution in [0.3, 0.4) is 0 Å². The number of hydrogen-bond acceptors (Lipinski definition) is 2. The molecule has 5 fully saturated rings. The van der Waals surface area contributed by atoms with Gasteiger partial charge in [-0.25, -0.2) is 0 Å². The van der Waals surface area contributed by atoms with E-state index in [1.807, 2.05) is 0 Å². The molecule has 1 heterocycles. The van der Waals surface area contributed by atoms with Crippen LogP contribution in [0.1, 0.15) is 91.4 Å². The van der Waals surface area contributed by atoms with Crippen LogP contribution in [0.2, 0.25) is 0 Å². The molecular weight excluding hydrogens is 308 g/mol. The molecule has 0 aromatic heterocycles. The Morgan fingerprint density at radius 1 is 0.960 bits per heavy atom. The summed E-state index contributed by atoms with van der Waals surface area (Å²) < 4.78 is 5.87. The van der Waals surface area contributed by atoms with Crippen LogP contribution in [0.5, 0.6) is 0 Å². The Kier molecular flexibility index (Phi) is 3.58. The Labute approximate surface area is 154 Å². The quantitative estimate of drug-likeness (QED) is 0.686. The molecule has 2 heteroatoms. The van der Waals surface area contributed by atoms with Crippen molar-refractivity contribution in [1.29, 1.82) is 0 Å². The van der Waals surface area contributed by atoms with Crippen molar-refractivity contribution in [2.45, 2.75) is 103 Å². The second-order valence-corrected chi connectivity index (χ2v) is 11.1. The minimum absolute atomic E-state index is 0.183. The van der Waals surface area contributed by atoms with Gasteiger partial charge in [0.1, 0.15) is 0 Å². The summed E-state index contributed by atoms with van der Waals surface area (Å²) in [6, 6.07) is 0. The summed E-state index contributed by atoms with van der Waals surface area (Å²) in [5.74, 6) is 3.45. The predicted octanol–water partition coefficient (Wildman–Crippen LogP) is 5.33. The third-order valence-corrected chi connectivity index (χ3v) is 10.3. The monoisotopic (exact) mass is 346 g/mol. The molecule has 0 aromatic rings. The molecule has 142 valence electrons. The molecule has 0 bridgehead atoms. The number of hydrogen-bond donors (Lipinski definition) is 1. The van der Waals surface area contributed by atoms with E-state index in [0.717, 1.165) is 49.5 Å². The smallest absolute Gasteiger partial charge is 0.0919 e. The molecule has 0 radical (unpaired) electrons. The fourth-order valence-corrected chi connectivity index (χ4v) is 8.61. The highest BCUT2D eigenvalue weighted by atomic mass is 16.6. The van der Waals surface area contributed by atoms with E-state index in [1.54, 1.807) is 0 Å². The minimum Gasteiger partial charge on any atom is -0.389 e. The van der Waals surface area contributed by atoms with E-state index in [-0.39, 0.29) is 11.0 Å². The van der Waals surface area contributed by atoms with E-state index < -0.39 is 0 Å². The molecule has 1 spiro atoms. The van der Waals surface area contributed by atoms with Gasteiger partial charge in [0.25, 0.3) is 0 Å². The topological polar surface area (TPSA) is 32.8 Å². The first-order valence-electron chi connectivity index (χ1n) is 11.2. The highest BCUT2D eigenvalue weighted by Crippen LogP contribution is 2.70. The number of fused-ring (bicyclic) bond motifs is 5. The Hall–Kier alpha value is -0.0800. The van der Waals surface area contributed by atoms with E-state index in [1.165, 1.54) is 51.4 Å². The van der Waals surface area contributed by atoms with Gasteiger partial charge < -0.3 is 9.84 Å². The molecule has 1 saturated heterocycles. The van der Waals surface area contributed by atoms with Crippen molar-refractivity contribution in [3.05, 3.63) is 0 Å². The average molecular weight is 347 g/mol. The lowest BCUT2D eigenvalue weighted by Crippen LogP contribution is -2.57. The van der Waals surface area contributed by atoms with Gasteiger partial charge in [0, 0.05) is 0 Å². The van der Waals surface area contributed by atoms with Gasteiger partial charge in [-0.15, -0.1) is 0 Å². The molecule has 0 amide bonds. The van der Waals surface area contributed by atoms with Gasteiger partial charge in [0.2, 0.25) is 0 Å². The molecule has 8 atom stereocenters. The summed E-state index contributed by atoms with van der Waals surface area (Å²) in [5, 5.41) is 11.5. The fourth-order valence-electron chi connectivity index (χ4n) is 8.61. The molecule has 0 unspecified atom stereocenters. The molecule has 1 N–H and O–H groups in total. The van der Waals surface area contributed by atoms with Crippen molar-refractivity contribution in [2.24, 2.45) is 34.5 Å². The number of aliphatic hydroxyl groups is 1. The summed E-state index contributed by atoms with van der Waals surface area (Å²) in [7, 11) is 0. The van der Waals surface area contributed by atoms with Crippen LogP contribution in [0, 0.1) is 34.5 Å². The first-order chi connectivity index (χ1) is 11.9. The number of rotatable bonds is 2. The van der Waals surface area contributed by atoms with Crippen LogP contribution >= 0.6 is 0 Å². The van der Waals surface area contributed by atoms with E-state index in [4.69, 9.17) is 4.74 Å². The van der Waals surface area contributed by atoms with Gasteiger partial charge in [-0.05, 0) is 98.7 Å². The second kappa shape index (κ2) is 5.25. The lowest BCUT2D eigenvalue weighted by atomic mass is 9.44. The van der Waals surface area contributed by atoms with E-state index >= 15 is 0 Å². The molecule has 0 aromatic carbocycles. The normalized spacial score (nSPS) is 60.0. The van der Waals surface area contributed by atoms with Gasteiger partial charge >= 0.3 is 0 Å². The maximum Gasteiger partial charge on any atom is 0.0919 e. The Morgan fingerprint density at radius 3 is 2.44 bits per heavy atom. The Balaban J connectivity index is 1.42. The van der Waals surface area contributed by atoms with Crippen LogP contribution < -0.4 is 0 Å². The molecule has 5 rings (SSSR count). The van der Waals surface area contributed by atoms with Gasteiger partial charge in [-0.3, -0.25) is 0 Å². The van der Waals surface area contributed by atoms with Gasteiger partial charge in [0.15, 0.2) is 0 Å². The maximum absolute atomic E-state index is 11.5. The third kappa shape index (κ3) is 2.16. The van der Waals surface area contributed by atoms with Crippen molar-refractivity contribution < 1.29 is 9.84 Å². The maximum atomic E-state index is 11.5. The summed E-state index contributed by atoms with van der Waals surface area (Å²) in [6.45, 7) is 8.38. The highest BCUT2D eigenvalue weighted by molar-refractivity contribution is 5.15. The predicted molar refractivity (Wildman–Crippen MR) is 100 cm³/mol. The van der Waals surface area contributed by atoms with E-state index in [2.05, 4.69) is 20.8 Å². The molecule has 4 saturated carbocycles. The molecule has 25 heavy (non-hydrogen) atoms. The number of ether oxygens (including phenoxy) is 1. The zero-order valence-corrected chi connectivity index (χ0v) is 16.7.